The van der Waals surface area contributed by atoms with Crippen LogP contribution in [-0.2, 0) is 6.18 Å². The highest BCUT2D eigenvalue weighted by Crippen LogP contribution is 2.30. The van der Waals surface area contributed by atoms with Crippen LogP contribution in [0.5, 0.6) is 0 Å². The minimum absolute atomic E-state index is 0.362. The van der Waals surface area contributed by atoms with E-state index >= 15 is 0 Å². The molecule has 24 heavy (non-hydrogen) atoms. The smallest absolute Gasteiger partial charge is 0.345 e. The number of benzene rings is 1. The van der Waals surface area contributed by atoms with Gasteiger partial charge in [-0.1, -0.05) is 12.1 Å². The van der Waals surface area contributed by atoms with Crippen molar-refractivity contribution in [3.8, 4) is 0 Å². The molecule has 0 radical (unpaired) electrons. The van der Waals surface area contributed by atoms with Crippen LogP contribution in [0.4, 0.5) is 13.2 Å². The molecule has 0 aliphatic rings. The van der Waals surface area contributed by atoms with Crippen LogP contribution in [-0.4, -0.2) is 20.5 Å². The molecule has 124 valence electrons. The first-order valence-electron chi connectivity index (χ1n) is 7.12. The van der Waals surface area contributed by atoms with E-state index in [9.17, 15) is 18.0 Å². The van der Waals surface area contributed by atoms with Gasteiger partial charge in [-0.2, -0.15) is 13.2 Å². The fourth-order valence-corrected chi connectivity index (χ4v) is 2.31. The van der Waals surface area contributed by atoms with Gasteiger partial charge in [0.1, 0.15) is 6.33 Å². The second kappa shape index (κ2) is 5.95. The molecule has 1 aromatic carbocycles. The Morgan fingerprint density at radius 1 is 1.25 bits per heavy atom. The Morgan fingerprint density at radius 2 is 2.04 bits per heavy atom. The first kappa shape index (κ1) is 16.0. The lowest BCUT2D eigenvalue weighted by Crippen LogP contribution is -2.27. The van der Waals surface area contributed by atoms with Crippen molar-refractivity contribution in [3.05, 3.63) is 65.6 Å². The number of nitrogens with one attached hydrogen (secondary N) is 1. The third kappa shape index (κ3) is 3.22. The summed E-state index contributed by atoms with van der Waals surface area (Å²) in [6.45, 7) is 1.63. The molecule has 2 heterocycles. The summed E-state index contributed by atoms with van der Waals surface area (Å²) in [7, 11) is 0. The highest BCUT2D eigenvalue weighted by Gasteiger charge is 2.30. The molecule has 0 saturated heterocycles. The van der Waals surface area contributed by atoms with Gasteiger partial charge in [-0.25, -0.2) is 0 Å². The van der Waals surface area contributed by atoms with Gasteiger partial charge in [0, 0.05) is 6.20 Å². The fraction of sp³-hybridized carbons (Fsp3) is 0.188. The van der Waals surface area contributed by atoms with Crippen molar-refractivity contribution in [2.24, 2.45) is 0 Å². The lowest BCUT2D eigenvalue weighted by molar-refractivity contribution is -0.137. The number of fused-ring (bicyclic) bond motifs is 1. The van der Waals surface area contributed by atoms with E-state index in [2.05, 4.69) is 15.5 Å². The highest BCUT2D eigenvalue weighted by atomic mass is 19.4. The summed E-state index contributed by atoms with van der Waals surface area (Å²) in [5, 5.41) is 10.2. The molecule has 2 aromatic heterocycles. The third-order valence-corrected chi connectivity index (χ3v) is 3.61. The molecule has 0 aliphatic carbocycles. The summed E-state index contributed by atoms with van der Waals surface area (Å²) in [6.07, 6.45) is -1.40. The van der Waals surface area contributed by atoms with Gasteiger partial charge in [0.25, 0.3) is 5.91 Å². The third-order valence-electron chi connectivity index (χ3n) is 3.61. The van der Waals surface area contributed by atoms with Gasteiger partial charge in [0.2, 0.25) is 0 Å². The Labute approximate surface area is 135 Å². The van der Waals surface area contributed by atoms with E-state index in [-0.39, 0.29) is 0 Å². The van der Waals surface area contributed by atoms with Gasteiger partial charge in [-0.3, -0.25) is 9.20 Å². The molecule has 1 amide bonds. The quantitative estimate of drug-likeness (QED) is 0.800. The van der Waals surface area contributed by atoms with E-state index in [4.69, 9.17) is 0 Å². The van der Waals surface area contributed by atoms with Crippen LogP contribution in [0.1, 0.15) is 34.5 Å². The Kier molecular flexibility index (Phi) is 3.96. The Morgan fingerprint density at radius 3 is 2.79 bits per heavy atom. The van der Waals surface area contributed by atoms with Gasteiger partial charge in [-0.05, 0) is 36.8 Å². The number of alkyl halides is 3. The zero-order chi connectivity index (χ0) is 17.3. The monoisotopic (exact) mass is 334 g/mol. The van der Waals surface area contributed by atoms with E-state index in [0.717, 1.165) is 12.1 Å². The predicted molar refractivity (Wildman–Crippen MR) is 80.3 cm³/mol. The summed E-state index contributed by atoms with van der Waals surface area (Å²) in [5.41, 5.74) is 0.592. The zero-order valence-corrected chi connectivity index (χ0v) is 12.6. The standard InChI is InChI=1S/C16H13F3N4O/c1-10(11-3-2-4-13(7-11)16(17,18)19)21-15(24)12-5-6-14-22-20-9-23(14)8-12/h2-10H,1H3,(H,21,24). The fourth-order valence-electron chi connectivity index (χ4n) is 2.31. The Bertz CT molecular complexity index is 888. The second-order valence-corrected chi connectivity index (χ2v) is 5.33. The van der Waals surface area contributed by atoms with Gasteiger partial charge < -0.3 is 5.32 Å². The molecule has 8 heteroatoms. The normalized spacial score (nSPS) is 13.0. The van der Waals surface area contributed by atoms with E-state index < -0.39 is 23.7 Å². The van der Waals surface area contributed by atoms with Crippen molar-refractivity contribution in [2.45, 2.75) is 19.1 Å². The lowest BCUT2D eigenvalue weighted by atomic mass is 10.0. The van der Waals surface area contributed by atoms with Crippen molar-refractivity contribution in [2.75, 3.05) is 0 Å². The van der Waals surface area contributed by atoms with Gasteiger partial charge >= 0.3 is 6.18 Å². The molecule has 0 saturated carbocycles. The SMILES string of the molecule is CC(NC(=O)c1ccc2nncn2c1)c1cccc(C(F)(F)F)c1. The molecule has 5 nitrogen and oxygen atoms in total. The van der Waals surface area contributed by atoms with Gasteiger partial charge in [0.05, 0.1) is 17.2 Å². The first-order chi connectivity index (χ1) is 11.3. The largest absolute Gasteiger partial charge is 0.416 e. The van der Waals surface area contributed by atoms with Crippen LogP contribution in [0.3, 0.4) is 0 Å². The van der Waals surface area contributed by atoms with E-state index in [1.54, 1.807) is 35.7 Å². The second-order valence-electron chi connectivity index (χ2n) is 5.33. The number of carbonyl (C=O) groups excluding carboxylic acids is 1. The van der Waals surface area contributed by atoms with Crippen LogP contribution < -0.4 is 5.32 Å². The molecule has 1 unspecified atom stereocenters. The van der Waals surface area contributed by atoms with E-state index in [1.807, 2.05) is 0 Å². The highest BCUT2D eigenvalue weighted by molar-refractivity contribution is 5.94. The minimum atomic E-state index is -4.42. The number of amides is 1. The molecule has 0 bridgehead atoms. The number of rotatable bonds is 3. The minimum Gasteiger partial charge on any atom is -0.345 e. The summed E-state index contributed by atoms with van der Waals surface area (Å²) >= 11 is 0. The van der Waals surface area contributed by atoms with Crippen molar-refractivity contribution in [3.63, 3.8) is 0 Å². The number of aromatic nitrogens is 3. The number of pyridine rings is 1. The molecule has 0 spiro atoms. The molecule has 0 aliphatic heterocycles. The molecular weight excluding hydrogens is 321 g/mol. The lowest BCUT2D eigenvalue weighted by Gasteiger charge is -2.16. The molecule has 3 rings (SSSR count). The maximum atomic E-state index is 12.8. The predicted octanol–water partition coefficient (Wildman–Crippen LogP) is 3.24. The van der Waals surface area contributed by atoms with Crippen molar-refractivity contribution < 1.29 is 18.0 Å². The van der Waals surface area contributed by atoms with Crippen LogP contribution in [0.25, 0.3) is 5.65 Å². The Balaban J connectivity index is 1.78. The molecule has 1 atom stereocenters. The van der Waals surface area contributed by atoms with E-state index in [1.165, 1.54) is 12.4 Å². The number of nitrogens with zero attached hydrogens (tertiary/aromatic N) is 3. The molecule has 3 aromatic rings. The van der Waals surface area contributed by atoms with Crippen LogP contribution in [0.15, 0.2) is 48.9 Å². The maximum absolute atomic E-state index is 12.8. The maximum Gasteiger partial charge on any atom is 0.416 e. The number of halogens is 3. The molecule has 0 fully saturated rings. The van der Waals surface area contributed by atoms with Crippen LogP contribution >= 0.6 is 0 Å². The topological polar surface area (TPSA) is 59.3 Å². The summed E-state index contributed by atoms with van der Waals surface area (Å²) in [4.78, 5) is 12.3. The van der Waals surface area contributed by atoms with Gasteiger partial charge in [0.15, 0.2) is 5.65 Å². The molecule has 1 N–H and O–H groups in total. The van der Waals surface area contributed by atoms with Crippen LogP contribution in [0, 0.1) is 0 Å². The van der Waals surface area contributed by atoms with Gasteiger partial charge in [-0.15, -0.1) is 10.2 Å². The summed E-state index contributed by atoms with van der Waals surface area (Å²) < 4.78 is 39.9. The van der Waals surface area contributed by atoms with Crippen molar-refractivity contribution in [1.29, 1.82) is 0 Å². The number of hydrogen-bond donors (Lipinski definition) is 1. The van der Waals surface area contributed by atoms with Crippen molar-refractivity contribution >= 4 is 11.6 Å². The number of carbonyl (C=O) groups is 1. The number of hydrogen-bond acceptors (Lipinski definition) is 3. The molecular formula is C16H13F3N4O. The summed E-state index contributed by atoms with van der Waals surface area (Å²) in [6, 6.07) is 7.55. The average molecular weight is 334 g/mol. The zero-order valence-electron chi connectivity index (χ0n) is 12.6. The average Bonchev–Trinajstić information content (AvgIpc) is 3.01. The van der Waals surface area contributed by atoms with E-state index in [0.29, 0.717) is 16.8 Å². The first-order valence-corrected chi connectivity index (χ1v) is 7.12. The van der Waals surface area contributed by atoms with Crippen molar-refractivity contribution in [1.82, 2.24) is 19.9 Å². The van der Waals surface area contributed by atoms with Crippen LogP contribution in [0.2, 0.25) is 0 Å². The summed E-state index contributed by atoms with van der Waals surface area (Å²) in [5.74, 6) is -0.393. The Hall–Kier alpha value is -2.90.